The topological polar surface area (TPSA) is 75.3 Å². The van der Waals surface area contributed by atoms with Gasteiger partial charge in [-0.15, -0.1) is 0 Å². The molecule has 33 heavy (non-hydrogen) atoms. The van der Waals surface area contributed by atoms with Gasteiger partial charge in [-0.05, 0) is 60.0 Å². The molecule has 1 atom stereocenters. The van der Waals surface area contributed by atoms with E-state index >= 15 is 0 Å². The summed E-state index contributed by atoms with van der Waals surface area (Å²) < 4.78 is 27.6. The number of sulfonamides is 1. The molecule has 0 saturated heterocycles. The maximum absolute atomic E-state index is 13.1. The van der Waals surface area contributed by atoms with Crippen molar-refractivity contribution in [3.8, 4) is 0 Å². The van der Waals surface area contributed by atoms with Crippen molar-refractivity contribution in [2.45, 2.75) is 17.9 Å². The molecule has 0 saturated carbocycles. The van der Waals surface area contributed by atoms with Crippen molar-refractivity contribution in [2.24, 2.45) is 0 Å². The van der Waals surface area contributed by atoms with E-state index in [1.165, 1.54) is 12.1 Å². The normalized spacial score (nSPS) is 12.0. The summed E-state index contributed by atoms with van der Waals surface area (Å²) in [6, 6.07) is 32.0. The number of carbonyl (C=O) groups excluding carboxylic acids is 1. The molecule has 166 valence electrons. The Morgan fingerprint density at radius 3 is 1.94 bits per heavy atom. The molecule has 5 nitrogen and oxygen atoms in total. The second-order valence-electron chi connectivity index (χ2n) is 7.67. The summed E-state index contributed by atoms with van der Waals surface area (Å²) in [6.07, 6.45) is 0. The fraction of sp³-hybridized carbons (Fsp3) is 0.0741. The van der Waals surface area contributed by atoms with Crippen LogP contribution in [0.1, 0.15) is 33.1 Å². The molecule has 6 heteroatoms. The van der Waals surface area contributed by atoms with Crippen LogP contribution >= 0.6 is 0 Å². The average molecular weight is 457 g/mol. The van der Waals surface area contributed by atoms with Crippen LogP contribution in [0.15, 0.2) is 114 Å². The van der Waals surface area contributed by atoms with Gasteiger partial charge in [-0.1, -0.05) is 72.8 Å². The predicted molar refractivity (Wildman–Crippen MR) is 131 cm³/mol. The quantitative estimate of drug-likeness (QED) is 0.395. The molecule has 1 amide bonds. The van der Waals surface area contributed by atoms with Crippen molar-refractivity contribution in [1.82, 2.24) is 5.32 Å². The number of aryl methyl sites for hydroxylation is 1. The summed E-state index contributed by atoms with van der Waals surface area (Å²) in [5.74, 6) is -0.246. The first-order chi connectivity index (χ1) is 15.9. The molecule has 0 radical (unpaired) electrons. The maximum Gasteiger partial charge on any atom is 0.261 e. The van der Waals surface area contributed by atoms with Gasteiger partial charge in [0.2, 0.25) is 0 Å². The molecule has 4 rings (SSSR count). The lowest BCUT2D eigenvalue weighted by Gasteiger charge is -2.22. The second kappa shape index (κ2) is 9.71. The highest BCUT2D eigenvalue weighted by Crippen LogP contribution is 2.25. The zero-order valence-corrected chi connectivity index (χ0v) is 18.9. The molecule has 0 aliphatic carbocycles. The van der Waals surface area contributed by atoms with Gasteiger partial charge in [0.15, 0.2) is 0 Å². The number of hydrogen-bond donors (Lipinski definition) is 2. The molecule has 4 aromatic rings. The monoisotopic (exact) mass is 456 g/mol. The molecule has 4 aromatic carbocycles. The van der Waals surface area contributed by atoms with Gasteiger partial charge < -0.3 is 5.32 Å². The van der Waals surface area contributed by atoms with Crippen LogP contribution in [-0.4, -0.2) is 14.3 Å². The summed E-state index contributed by atoms with van der Waals surface area (Å²) in [5.41, 5.74) is 3.90. The second-order valence-corrected chi connectivity index (χ2v) is 9.35. The van der Waals surface area contributed by atoms with Crippen LogP contribution in [0.3, 0.4) is 0 Å². The Balaban J connectivity index is 1.54. The van der Waals surface area contributed by atoms with E-state index in [4.69, 9.17) is 0 Å². The number of rotatable bonds is 7. The summed E-state index contributed by atoms with van der Waals surface area (Å²) in [7, 11) is -3.69. The van der Waals surface area contributed by atoms with Gasteiger partial charge in [0.05, 0.1) is 10.9 Å². The number of hydrogen-bond acceptors (Lipinski definition) is 3. The van der Waals surface area contributed by atoms with E-state index in [0.717, 1.165) is 16.7 Å². The smallest absolute Gasteiger partial charge is 0.261 e. The zero-order chi connectivity index (χ0) is 23.3. The zero-order valence-electron chi connectivity index (χ0n) is 18.1. The molecule has 0 aromatic heterocycles. The number of anilines is 1. The summed E-state index contributed by atoms with van der Waals surface area (Å²) in [5, 5.41) is 3.12. The van der Waals surface area contributed by atoms with Crippen molar-refractivity contribution in [2.75, 3.05) is 4.72 Å². The lowest BCUT2D eigenvalue weighted by atomic mass is 9.94. The molecule has 0 unspecified atom stereocenters. The number of amides is 1. The first kappa shape index (κ1) is 22.3. The largest absolute Gasteiger partial charge is 0.341 e. The van der Waals surface area contributed by atoms with Gasteiger partial charge in [0.1, 0.15) is 0 Å². The molecular formula is C27H24N2O3S. The van der Waals surface area contributed by atoms with Gasteiger partial charge in [-0.2, -0.15) is 0 Å². The van der Waals surface area contributed by atoms with E-state index in [1.807, 2.05) is 61.5 Å². The van der Waals surface area contributed by atoms with E-state index in [0.29, 0.717) is 11.3 Å². The average Bonchev–Trinajstić information content (AvgIpc) is 2.84. The highest BCUT2D eigenvalue weighted by molar-refractivity contribution is 7.92. The van der Waals surface area contributed by atoms with E-state index in [-0.39, 0.29) is 16.8 Å². The Labute approximate surface area is 194 Å². The van der Waals surface area contributed by atoms with Crippen molar-refractivity contribution in [3.63, 3.8) is 0 Å². The van der Waals surface area contributed by atoms with Crippen molar-refractivity contribution in [3.05, 3.63) is 131 Å². The first-order valence-corrected chi connectivity index (χ1v) is 12.0. The Morgan fingerprint density at radius 2 is 1.30 bits per heavy atom. The van der Waals surface area contributed by atoms with Crippen LogP contribution in [0.2, 0.25) is 0 Å². The fourth-order valence-corrected chi connectivity index (χ4v) is 4.69. The lowest BCUT2D eigenvalue weighted by Crippen LogP contribution is -2.29. The molecule has 0 heterocycles. The summed E-state index contributed by atoms with van der Waals surface area (Å²) in [6.45, 7) is 2.02. The van der Waals surface area contributed by atoms with Gasteiger partial charge in [-0.3, -0.25) is 9.52 Å². The minimum Gasteiger partial charge on any atom is -0.341 e. The van der Waals surface area contributed by atoms with Crippen LogP contribution in [0.4, 0.5) is 5.69 Å². The van der Waals surface area contributed by atoms with E-state index in [9.17, 15) is 13.2 Å². The summed E-state index contributed by atoms with van der Waals surface area (Å²) in [4.78, 5) is 13.3. The van der Waals surface area contributed by atoms with Crippen molar-refractivity contribution in [1.29, 1.82) is 0 Å². The molecule has 2 N–H and O–H groups in total. The molecule has 0 spiro atoms. The van der Waals surface area contributed by atoms with E-state index in [2.05, 4.69) is 10.0 Å². The van der Waals surface area contributed by atoms with Crippen molar-refractivity contribution < 1.29 is 13.2 Å². The highest BCUT2D eigenvalue weighted by atomic mass is 32.2. The third-order valence-electron chi connectivity index (χ3n) is 5.36. The van der Waals surface area contributed by atoms with Crippen LogP contribution in [0.25, 0.3) is 0 Å². The minimum atomic E-state index is -3.69. The van der Waals surface area contributed by atoms with Crippen molar-refractivity contribution >= 4 is 21.6 Å². The number of carbonyl (C=O) groups is 1. The standard InChI is InChI=1S/C27H24N2O3S/c1-20-10-8-9-15-25(20)26(21-11-4-2-5-12-21)28-27(30)22-16-18-23(19-17-22)29-33(31,32)24-13-6-3-7-14-24/h2-19,26,29H,1H3,(H,28,30)/t26-/m1/s1. The SMILES string of the molecule is Cc1ccccc1[C@H](NC(=O)c1ccc(NS(=O)(=O)c2ccccc2)cc1)c1ccccc1. The Bertz CT molecular complexity index is 1340. The number of nitrogens with one attached hydrogen (secondary N) is 2. The third-order valence-corrected chi connectivity index (χ3v) is 6.76. The molecule has 0 fully saturated rings. The highest BCUT2D eigenvalue weighted by Gasteiger charge is 2.20. The summed E-state index contributed by atoms with van der Waals surface area (Å²) >= 11 is 0. The molecule has 0 aliphatic rings. The Morgan fingerprint density at radius 1 is 0.727 bits per heavy atom. The molecular weight excluding hydrogens is 432 g/mol. The fourth-order valence-electron chi connectivity index (χ4n) is 3.61. The number of benzene rings is 4. The molecule has 0 aliphatic heterocycles. The van der Waals surface area contributed by atoms with Gasteiger partial charge in [-0.25, -0.2) is 8.42 Å². The lowest BCUT2D eigenvalue weighted by molar-refractivity contribution is 0.0943. The van der Waals surface area contributed by atoms with E-state index in [1.54, 1.807) is 42.5 Å². The Hall–Kier alpha value is -3.90. The van der Waals surface area contributed by atoms with E-state index < -0.39 is 10.0 Å². The van der Waals surface area contributed by atoms with Crippen LogP contribution < -0.4 is 10.0 Å². The third kappa shape index (κ3) is 5.30. The van der Waals surface area contributed by atoms with Crippen LogP contribution in [0, 0.1) is 6.92 Å². The predicted octanol–water partition coefficient (Wildman–Crippen LogP) is 5.32. The van der Waals surface area contributed by atoms with Gasteiger partial charge in [0, 0.05) is 11.3 Å². The first-order valence-electron chi connectivity index (χ1n) is 10.5. The Kier molecular flexibility index (Phi) is 6.56. The maximum atomic E-state index is 13.1. The minimum absolute atomic E-state index is 0.177. The van der Waals surface area contributed by atoms with Crippen LogP contribution in [-0.2, 0) is 10.0 Å². The molecule has 0 bridgehead atoms. The van der Waals surface area contributed by atoms with Gasteiger partial charge in [0.25, 0.3) is 15.9 Å². The van der Waals surface area contributed by atoms with Crippen LogP contribution in [0.5, 0.6) is 0 Å². The van der Waals surface area contributed by atoms with Gasteiger partial charge >= 0.3 is 0 Å².